The molecule has 3 atom stereocenters. The maximum absolute atomic E-state index is 12.0. The van der Waals surface area contributed by atoms with Gasteiger partial charge >= 0.3 is 12.0 Å². The molecule has 0 aliphatic heterocycles. The van der Waals surface area contributed by atoms with Gasteiger partial charge in [0.15, 0.2) is 0 Å². The molecule has 2 rings (SSSR count). The fraction of sp³-hybridized carbons (Fsp3) is 0.875. The van der Waals surface area contributed by atoms with Crippen molar-refractivity contribution in [1.82, 2.24) is 10.6 Å². The number of rotatable bonds is 4. The number of aliphatic carboxylic acids is 1. The fourth-order valence-electron chi connectivity index (χ4n) is 3.87. The van der Waals surface area contributed by atoms with E-state index in [-0.39, 0.29) is 18.6 Å². The van der Waals surface area contributed by atoms with Crippen molar-refractivity contribution in [3.8, 4) is 0 Å². The first-order chi connectivity index (χ1) is 9.93. The summed E-state index contributed by atoms with van der Waals surface area (Å²) in [7, 11) is 0. The Morgan fingerprint density at radius 1 is 1.19 bits per heavy atom. The van der Waals surface area contributed by atoms with Crippen LogP contribution >= 0.6 is 0 Å². The zero-order valence-electron chi connectivity index (χ0n) is 13.2. The summed E-state index contributed by atoms with van der Waals surface area (Å²) >= 11 is 0. The molecular weight excluding hydrogens is 268 g/mol. The van der Waals surface area contributed by atoms with Crippen molar-refractivity contribution < 1.29 is 14.7 Å². The number of carboxylic acids is 1. The van der Waals surface area contributed by atoms with E-state index < -0.39 is 11.4 Å². The van der Waals surface area contributed by atoms with Gasteiger partial charge < -0.3 is 15.7 Å². The van der Waals surface area contributed by atoms with Crippen LogP contribution in [0.1, 0.15) is 58.8 Å². The lowest BCUT2D eigenvalue weighted by atomic mass is 9.80. The van der Waals surface area contributed by atoms with Crippen molar-refractivity contribution in [1.29, 1.82) is 0 Å². The first-order valence-electron chi connectivity index (χ1n) is 8.21. The summed E-state index contributed by atoms with van der Waals surface area (Å²) in [6.07, 6.45) is 6.51. The van der Waals surface area contributed by atoms with Gasteiger partial charge in [0.05, 0.1) is 5.41 Å². The summed E-state index contributed by atoms with van der Waals surface area (Å²) in [5, 5.41) is 15.2. The Balaban J connectivity index is 1.80. The zero-order chi connectivity index (χ0) is 15.5. The Bertz CT molecular complexity index is 391. The number of carbonyl (C=O) groups excluding carboxylic acids is 1. The highest BCUT2D eigenvalue weighted by Crippen LogP contribution is 2.37. The highest BCUT2D eigenvalue weighted by Gasteiger charge is 2.41. The first-order valence-corrected chi connectivity index (χ1v) is 8.21. The van der Waals surface area contributed by atoms with Crippen molar-refractivity contribution in [3.05, 3.63) is 0 Å². The van der Waals surface area contributed by atoms with Crippen LogP contribution in [0.4, 0.5) is 4.79 Å². The highest BCUT2D eigenvalue weighted by atomic mass is 16.4. The number of carboxylic acid groups (broad SMARTS) is 1. The Hall–Kier alpha value is -1.26. The lowest BCUT2D eigenvalue weighted by Gasteiger charge is -2.33. The molecular formula is C16H28N2O3. The Labute approximate surface area is 126 Å². The number of hydrogen-bond donors (Lipinski definition) is 3. The molecule has 5 heteroatoms. The monoisotopic (exact) mass is 296 g/mol. The summed E-state index contributed by atoms with van der Waals surface area (Å²) < 4.78 is 0. The van der Waals surface area contributed by atoms with Crippen LogP contribution in [0.2, 0.25) is 0 Å². The molecule has 0 spiro atoms. The molecule has 0 saturated heterocycles. The van der Waals surface area contributed by atoms with E-state index in [1.165, 1.54) is 0 Å². The number of nitrogens with one attached hydrogen (secondary N) is 2. The summed E-state index contributed by atoms with van der Waals surface area (Å²) in [6.45, 7) is 4.67. The molecule has 0 bridgehead atoms. The van der Waals surface area contributed by atoms with Crippen LogP contribution < -0.4 is 10.6 Å². The van der Waals surface area contributed by atoms with Crippen LogP contribution in [0.15, 0.2) is 0 Å². The third-order valence-corrected chi connectivity index (χ3v) is 5.35. The molecule has 2 amide bonds. The zero-order valence-corrected chi connectivity index (χ0v) is 13.2. The number of urea groups is 1. The van der Waals surface area contributed by atoms with Gasteiger partial charge in [0.2, 0.25) is 0 Å². The molecule has 2 fully saturated rings. The normalized spacial score (nSPS) is 31.6. The van der Waals surface area contributed by atoms with Crippen LogP contribution in [0.5, 0.6) is 0 Å². The fourth-order valence-corrected chi connectivity index (χ4v) is 3.87. The van der Waals surface area contributed by atoms with Crippen molar-refractivity contribution in [2.45, 2.75) is 64.8 Å². The van der Waals surface area contributed by atoms with Gasteiger partial charge in [0, 0.05) is 12.6 Å². The van der Waals surface area contributed by atoms with Crippen LogP contribution in [0.3, 0.4) is 0 Å². The van der Waals surface area contributed by atoms with Crippen LogP contribution in [-0.4, -0.2) is 29.7 Å². The molecule has 2 aliphatic rings. The second-order valence-electron chi connectivity index (χ2n) is 7.12. The predicted octanol–water partition coefficient (Wildman–Crippen LogP) is 2.76. The Morgan fingerprint density at radius 2 is 1.86 bits per heavy atom. The average molecular weight is 296 g/mol. The Morgan fingerprint density at radius 3 is 2.43 bits per heavy atom. The second-order valence-corrected chi connectivity index (χ2v) is 7.12. The lowest BCUT2D eigenvalue weighted by molar-refractivity contribution is -0.148. The van der Waals surface area contributed by atoms with E-state index in [0.29, 0.717) is 18.8 Å². The first kappa shape index (κ1) is 16.1. The molecule has 0 aromatic heterocycles. The van der Waals surface area contributed by atoms with E-state index in [1.807, 2.05) is 0 Å². The smallest absolute Gasteiger partial charge is 0.315 e. The minimum Gasteiger partial charge on any atom is -0.481 e. The number of amides is 2. The van der Waals surface area contributed by atoms with E-state index in [1.54, 1.807) is 0 Å². The topological polar surface area (TPSA) is 78.4 Å². The third-order valence-electron chi connectivity index (χ3n) is 5.35. The van der Waals surface area contributed by atoms with Crippen molar-refractivity contribution >= 4 is 12.0 Å². The van der Waals surface area contributed by atoms with Gasteiger partial charge in [-0.15, -0.1) is 0 Å². The van der Waals surface area contributed by atoms with Crippen molar-refractivity contribution in [2.24, 2.45) is 17.3 Å². The molecule has 2 aliphatic carbocycles. The summed E-state index contributed by atoms with van der Waals surface area (Å²) in [5.74, 6) is 0.439. The second kappa shape index (κ2) is 6.67. The molecule has 5 nitrogen and oxygen atoms in total. The minimum absolute atomic E-state index is 0.213. The summed E-state index contributed by atoms with van der Waals surface area (Å²) in [6, 6.07) is -0.000478. The van der Waals surface area contributed by atoms with E-state index >= 15 is 0 Å². The van der Waals surface area contributed by atoms with Gasteiger partial charge in [-0.25, -0.2) is 4.79 Å². The van der Waals surface area contributed by atoms with Gasteiger partial charge in [-0.1, -0.05) is 26.7 Å². The van der Waals surface area contributed by atoms with Gasteiger partial charge in [0.25, 0.3) is 0 Å². The molecule has 120 valence electrons. The molecule has 3 N–H and O–H groups in total. The average Bonchev–Trinajstić information content (AvgIpc) is 2.90. The maximum atomic E-state index is 12.0. The molecule has 0 heterocycles. The van der Waals surface area contributed by atoms with E-state index in [0.717, 1.165) is 38.0 Å². The molecule has 0 aromatic carbocycles. The van der Waals surface area contributed by atoms with Gasteiger partial charge in [-0.2, -0.15) is 0 Å². The van der Waals surface area contributed by atoms with E-state index in [2.05, 4.69) is 24.5 Å². The number of carbonyl (C=O) groups is 2. The highest BCUT2D eigenvalue weighted by molar-refractivity contribution is 5.78. The van der Waals surface area contributed by atoms with Crippen LogP contribution in [-0.2, 0) is 4.79 Å². The predicted molar refractivity (Wildman–Crippen MR) is 81.0 cm³/mol. The van der Waals surface area contributed by atoms with Gasteiger partial charge in [0.1, 0.15) is 0 Å². The van der Waals surface area contributed by atoms with Crippen LogP contribution in [0.25, 0.3) is 0 Å². The molecule has 0 aromatic rings. The maximum Gasteiger partial charge on any atom is 0.315 e. The van der Waals surface area contributed by atoms with Crippen molar-refractivity contribution in [3.63, 3.8) is 0 Å². The molecule has 0 radical (unpaired) electrons. The SMILES string of the molecule is CC1CCC(NC(=O)NCC2(C(=O)O)CCCC2)C(C)C1. The lowest BCUT2D eigenvalue weighted by Crippen LogP contribution is -2.50. The van der Waals surface area contributed by atoms with Gasteiger partial charge in [-0.05, 0) is 43.9 Å². The third kappa shape index (κ3) is 3.89. The van der Waals surface area contributed by atoms with E-state index in [9.17, 15) is 14.7 Å². The molecule has 2 saturated carbocycles. The number of hydrogen-bond acceptors (Lipinski definition) is 2. The minimum atomic E-state index is -0.778. The summed E-state index contributed by atoms with van der Waals surface area (Å²) in [5.41, 5.74) is -0.746. The largest absolute Gasteiger partial charge is 0.481 e. The van der Waals surface area contributed by atoms with Crippen molar-refractivity contribution in [2.75, 3.05) is 6.54 Å². The van der Waals surface area contributed by atoms with E-state index in [4.69, 9.17) is 0 Å². The Kier molecular flexibility index (Phi) is 5.12. The van der Waals surface area contributed by atoms with Gasteiger partial charge in [-0.3, -0.25) is 4.79 Å². The quantitative estimate of drug-likeness (QED) is 0.746. The molecule has 21 heavy (non-hydrogen) atoms. The standard InChI is InChI=1S/C16H28N2O3/c1-11-5-6-13(12(2)9-11)18-15(21)17-10-16(14(19)20)7-3-4-8-16/h11-13H,3-10H2,1-2H3,(H,19,20)(H2,17,18,21). The van der Waals surface area contributed by atoms with Crippen LogP contribution in [0, 0.1) is 17.3 Å². The summed E-state index contributed by atoms with van der Waals surface area (Å²) in [4.78, 5) is 23.5. The molecule has 3 unspecified atom stereocenters.